The van der Waals surface area contributed by atoms with Crippen molar-refractivity contribution in [3.63, 3.8) is 0 Å². The van der Waals surface area contributed by atoms with E-state index in [1.807, 2.05) is 0 Å². The molecule has 22 heavy (non-hydrogen) atoms. The van der Waals surface area contributed by atoms with Crippen LogP contribution >= 0.6 is 15.9 Å². The fraction of sp³-hybridized carbons (Fsp3) is 0.333. The fourth-order valence-corrected chi connectivity index (χ4v) is 3.14. The summed E-state index contributed by atoms with van der Waals surface area (Å²) in [4.78, 5) is 15.5. The quantitative estimate of drug-likeness (QED) is 0.774. The normalized spacial score (nSPS) is 21.2. The van der Waals surface area contributed by atoms with Crippen LogP contribution in [0.3, 0.4) is 0 Å². The van der Waals surface area contributed by atoms with E-state index < -0.39 is 11.8 Å². The zero-order valence-corrected chi connectivity index (χ0v) is 13.1. The molecule has 0 aliphatic heterocycles. The van der Waals surface area contributed by atoms with Crippen molar-refractivity contribution < 1.29 is 19.4 Å². The Bertz CT molecular complexity index is 753. The number of carboxylic acid groups (broad SMARTS) is 1. The van der Waals surface area contributed by atoms with Crippen LogP contribution in [0, 0.1) is 5.82 Å². The number of carbonyl (C=O) groups is 1. The van der Waals surface area contributed by atoms with E-state index in [1.165, 1.54) is 18.3 Å². The Morgan fingerprint density at radius 1 is 1.41 bits per heavy atom. The first-order chi connectivity index (χ1) is 10.5. The van der Waals surface area contributed by atoms with Gasteiger partial charge in [-0.3, -0.25) is 4.98 Å². The average Bonchev–Trinajstić information content (AvgIpc) is 2.86. The van der Waals surface area contributed by atoms with E-state index in [9.17, 15) is 19.4 Å². The van der Waals surface area contributed by atoms with E-state index in [0.717, 1.165) is 6.42 Å². The number of aliphatic hydroxyl groups excluding tert-OH is 1. The molecule has 0 amide bonds. The second-order valence-electron chi connectivity index (χ2n) is 5.44. The van der Waals surface area contributed by atoms with Crippen LogP contribution in [0.25, 0.3) is 10.9 Å². The Labute approximate surface area is 134 Å². The van der Waals surface area contributed by atoms with Crippen molar-refractivity contribution in [2.75, 3.05) is 5.32 Å². The molecule has 1 heterocycles. The van der Waals surface area contributed by atoms with Crippen LogP contribution in [0.1, 0.15) is 29.6 Å². The molecule has 3 N–H and O–H groups in total. The number of anilines is 1. The number of fused-ring (bicyclic) bond motifs is 1. The number of nitrogens with one attached hydrogen (secondary N) is 1. The summed E-state index contributed by atoms with van der Waals surface area (Å²) < 4.78 is 13.9. The second kappa shape index (κ2) is 5.81. The standard InChI is InChI=1S/C15H14BrFN2O3/c16-11-4-9-13(5-12(11)17)18-6-10(15(21)22)14(9)19-7-1-2-8(20)3-7/h4-8,20H,1-3H2,(H,18,19)(H,21,22)/t7-,8?/m0/s1. The lowest BCUT2D eigenvalue weighted by Gasteiger charge is -2.18. The first-order valence-corrected chi connectivity index (χ1v) is 7.70. The van der Waals surface area contributed by atoms with Crippen molar-refractivity contribution in [2.24, 2.45) is 0 Å². The third kappa shape index (κ3) is 2.78. The minimum Gasteiger partial charge on any atom is -0.478 e. The maximum absolute atomic E-state index is 13.6. The van der Waals surface area contributed by atoms with E-state index in [0.29, 0.717) is 29.4 Å². The Kier molecular flexibility index (Phi) is 4.01. The molecule has 1 aromatic carbocycles. The third-order valence-electron chi connectivity index (χ3n) is 3.89. The largest absolute Gasteiger partial charge is 0.478 e. The molecule has 1 aromatic heterocycles. The Morgan fingerprint density at radius 2 is 2.18 bits per heavy atom. The monoisotopic (exact) mass is 368 g/mol. The number of benzene rings is 1. The van der Waals surface area contributed by atoms with Gasteiger partial charge in [-0.25, -0.2) is 9.18 Å². The maximum atomic E-state index is 13.6. The topological polar surface area (TPSA) is 82.5 Å². The van der Waals surface area contributed by atoms with Crippen molar-refractivity contribution in [1.29, 1.82) is 0 Å². The molecule has 1 fully saturated rings. The van der Waals surface area contributed by atoms with Gasteiger partial charge in [0.1, 0.15) is 11.4 Å². The van der Waals surface area contributed by atoms with Gasteiger partial charge < -0.3 is 15.5 Å². The van der Waals surface area contributed by atoms with E-state index in [2.05, 4.69) is 26.2 Å². The van der Waals surface area contributed by atoms with Gasteiger partial charge in [0.2, 0.25) is 0 Å². The van der Waals surface area contributed by atoms with Crippen LogP contribution in [0.15, 0.2) is 22.8 Å². The highest BCUT2D eigenvalue weighted by molar-refractivity contribution is 9.10. The Balaban J connectivity index is 2.12. The zero-order chi connectivity index (χ0) is 15.9. The molecule has 0 saturated heterocycles. The molecule has 3 rings (SSSR count). The molecule has 0 spiro atoms. The number of hydrogen-bond donors (Lipinski definition) is 3. The number of halogens is 2. The first-order valence-electron chi connectivity index (χ1n) is 6.91. The molecule has 0 radical (unpaired) electrons. The Morgan fingerprint density at radius 3 is 2.82 bits per heavy atom. The molecule has 1 saturated carbocycles. The summed E-state index contributed by atoms with van der Waals surface area (Å²) in [5, 5.41) is 22.7. The van der Waals surface area contributed by atoms with E-state index in [-0.39, 0.29) is 22.2 Å². The number of aromatic carboxylic acids is 1. The van der Waals surface area contributed by atoms with Crippen molar-refractivity contribution in [3.05, 3.63) is 34.2 Å². The maximum Gasteiger partial charge on any atom is 0.339 e. The average molecular weight is 369 g/mol. The van der Waals surface area contributed by atoms with Gasteiger partial charge in [0.05, 0.1) is 21.8 Å². The fourth-order valence-electron chi connectivity index (χ4n) is 2.80. The third-order valence-corrected chi connectivity index (χ3v) is 4.50. The zero-order valence-electron chi connectivity index (χ0n) is 11.5. The number of aromatic nitrogens is 1. The van der Waals surface area contributed by atoms with Gasteiger partial charge >= 0.3 is 5.97 Å². The number of nitrogens with zero attached hydrogens (tertiary/aromatic N) is 1. The van der Waals surface area contributed by atoms with Gasteiger partial charge in [0, 0.05) is 23.7 Å². The van der Waals surface area contributed by atoms with E-state index in [1.54, 1.807) is 0 Å². The summed E-state index contributed by atoms with van der Waals surface area (Å²) >= 11 is 3.12. The molecule has 7 heteroatoms. The highest BCUT2D eigenvalue weighted by atomic mass is 79.9. The summed E-state index contributed by atoms with van der Waals surface area (Å²) in [5.41, 5.74) is 0.830. The van der Waals surface area contributed by atoms with Crippen LogP contribution in [0.4, 0.5) is 10.1 Å². The van der Waals surface area contributed by atoms with E-state index >= 15 is 0 Å². The van der Waals surface area contributed by atoms with Gasteiger partial charge in [-0.2, -0.15) is 0 Å². The minimum absolute atomic E-state index is 0.0115. The van der Waals surface area contributed by atoms with Crippen LogP contribution in [-0.4, -0.2) is 33.3 Å². The lowest BCUT2D eigenvalue weighted by atomic mass is 10.1. The van der Waals surface area contributed by atoms with Crippen LogP contribution in [-0.2, 0) is 0 Å². The molecule has 116 valence electrons. The molecule has 1 aliphatic rings. The SMILES string of the molecule is O=C(O)c1cnc2cc(F)c(Br)cc2c1N[C@H]1CCC(O)C1. The molecular formula is C15H14BrFN2O3. The van der Waals surface area contributed by atoms with Crippen molar-refractivity contribution in [1.82, 2.24) is 4.98 Å². The van der Waals surface area contributed by atoms with Crippen molar-refractivity contribution >= 4 is 38.5 Å². The number of rotatable bonds is 3. The van der Waals surface area contributed by atoms with Gasteiger partial charge in [-0.15, -0.1) is 0 Å². The predicted molar refractivity (Wildman–Crippen MR) is 83.6 cm³/mol. The van der Waals surface area contributed by atoms with Crippen LogP contribution in [0.2, 0.25) is 0 Å². The summed E-state index contributed by atoms with van der Waals surface area (Å²) in [6, 6.07) is 2.78. The molecule has 1 unspecified atom stereocenters. The van der Waals surface area contributed by atoms with Gasteiger partial charge in [-0.1, -0.05) is 0 Å². The van der Waals surface area contributed by atoms with Crippen molar-refractivity contribution in [3.8, 4) is 0 Å². The number of carboxylic acids is 1. The minimum atomic E-state index is -1.10. The predicted octanol–water partition coefficient (Wildman–Crippen LogP) is 3.16. The molecule has 2 atom stereocenters. The number of aliphatic hydroxyl groups is 1. The summed E-state index contributed by atoms with van der Waals surface area (Å²) in [5.74, 6) is -1.55. The van der Waals surface area contributed by atoms with E-state index in [4.69, 9.17) is 0 Å². The number of hydrogen-bond acceptors (Lipinski definition) is 4. The summed E-state index contributed by atoms with van der Waals surface area (Å²) in [6.07, 6.45) is 2.85. The lowest BCUT2D eigenvalue weighted by molar-refractivity contribution is 0.0697. The second-order valence-corrected chi connectivity index (χ2v) is 6.30. The van der Waals surface area contributed by atoms with Gasteiger partial charge in [0.15, 0.2) is 0 Å². The molecule has 0 bridgehead atoms. The molecule has 5 nitrogen and oxygen atoms in total. The summed E-state index contributed by atoms with van der Waals surface area (Å²) in [6.45, 7) is 0. The smallest absolute Gasteiger partial charge is 0.339 e. The highest BCUT2D eigenvalue weighted by Crippen LogP contribution is 2.33. The molecule has 1 aliphatic carbocycles. The highest BCUT2D eigenvalue weighted by Gasteiger charge is 2.25. The van der Waals surface area contributed by atoms with Crippen LogP contribution < -0.4 is 5.32 Å². The lowest BCUT2D eigenvalue weighted by Crippen LogP contribution is -2.19. The first kappa shape index (κ1) is 15.2. The molecular weight excluding hydrogens is 355 g/mol. The van der Waals surface area contributed by atoms with Crippen LogP contribution in [0.5, 0.6) is 0 Å². The molecule has 2 aromatic rings. The summed E-state index contributed by atoms with van der Waals surface area (Å²) in [7, 11) is 0. The number of pyridine rings is 1. The van der Waals surface area contributed by atoms with Gasteiger partial charge in [0.25, 0.3) is 0 Å². The van der Waals surface area contributed by atoms with Crippen molar-refractivity contribution in [2.45, 2.75) is 31.4 Å². The Hall–Kier alpha value is -1.73. The van der Waals surface area contributed by atoms with Gasteiger partial charge in [-0.05, 0) is 41.3 Å².